The Bertz CT molecular complexity index is 454. The van der Waals surface area contributed by atoms with E-state index in [0.29, 0.717) is 13.2 Å². The molecule has 5 heteroatoms. The number of carbonyl (C=O) groups excluding carboxylic acids is 1. The fraction of sp³-hybridized carbons (Fsp3) is 0.714. The Balaban J connectivity index is 2.00. The van der Waals surface area contributed by atoms with E-state index in [-0.39, 0.29) is 5.91 Å². The molecule has 1 heterocycles. The molecule has 0 saturated carbocycles. The van der Waals surface area contributed by atoms with Gasteiger partial charge in [0.15, 0.2) is 0 Å². The molecule has 0 saturated heterocycles. The van der Waals surface area contributed by atoms with Crippen LogP contribution in [0.2, 0.25) is 0 Å². The molecule has 19 heavy (non-hydrogen) atoms. The van der Waals surface area contributed by atoms with Gasteiger partial charge in [-0.05, 0) is 45.1 Å². The monoisotopic (exact) mass is 265 g/mol. The van der Waals surface area contributed by atoms with Crippen molar-refractivity contribution in [1.29, 1.82) is 0 Å². The number of hydrogen-bond donors (Lipinski definition) is 1. The molecule has 0 aromatic carbocycles. The summed E-state index contributed by atoms with van der Waals surface area (Å²) >= 11 is 0. The molecule has 1 aromatic heterocycles. The molecule has 1 aromatic rings. The highest BCUT2D eigenvalue weighted by Gasteiger charge is 2.20. The van der Waals surface area contributed by atoms with E-state index >= 15 is 0 Å². The lowest BCUT2D eigenvalue weighted by Gasteiger charge is -2.14. The summed E-state index contributed by atoms with van der Waals surface area (Å²) in [5.74, 6) is -0.0624. The van der Waals surface area contributed by atoms with E-state index in [0.717, 1.165) is 18.5 Å². The fourth-order valence-electron chi connectivity index (χ4n) is 2.61. The van der Waals surface area contributed by atoms with E-state index in [1.807, 2.05) is 18.7 Å². The number of carbonyl (C=O) groups is 1. The van der Waals surface area contributed by atoms with Gasteiger partial charge in [0.25, 0.3) is 0 Å². The molecule has 0 radical (unpaired) electrons. The molecule has 106 valence electrons. The van der Waals surface area contributed by atoms with Gasteiger partial charge in [-0.2, -0.15) is 5.10 Å². The van der Waals surface area contributed by atoms with Gasteiger partial charge < -0.3 is 10.1 Å². The second-order valence-corrected chi connectivity index (χ2v) is 5.02. The van der Waals surface area contributed by atoms with Crippen LogP contribution in [0.3, 0.4) is 0 Å². The number of hydrogen-bond acceptors (Lipinski definition) is 3. The zero-order chi connectivity index (χ0) is 13.8. The third kappa shape index (κ3) is 3.15. The molecule has 1 aliphatic rings. The summed E-state index contributed by atoms with van der Waals surface area (Å²) in [6.45, 7) is 4.75. The van der Waals surface area contributed by atoms with Crippen LogP contribution in [0.25, 0.3) is 0 Å². The highest BCUT2D eigenvalue weighted by Crippen LogP contribution is 2.23. The standard InChI is InChI=1S/C14H23N3O2/c1-4-19-10(2)14(18)15-9-13-11-7-5-6-8-12(11)16-17(13)3/h10H,4-9H2,1-3H3,(H,15,18). The maximum absolute atomic E-state index is 11.8. The second-order valence-electron chi connectivity index (χ2n) is 5.02. The van der Waals surface area contributed by atoms with Gasteiger partial charge in [-0.15, -0.1) is 0 Å². The van der Waals surface area contributed by atoms with Crippen LogP contribution in [0.4, 0.5) is 0 Å². The molecule has 0 spiro atoms. The van der Waals surface area contributed by atoms with Crippen LogP contribution >= 0.6 is 0 Å². The first kappa shape index (κ1) is 14.1. The minimum atomic E-state index is -0.394. The molecule has 0 fully saturated rings. The first-order valence-electron chi connectivity index (χ1n) is 7.06. The van der Waals surface area contributed by atoms with Crippen molar-refractivity contribution in [1.82, 2.24) is 15.1 Å². The van der Waals surface area contributed by atoms with Gasteiger partial charge in [0.1, 0.15) is 6.10 Å². The molecular formula is C14H23N3O2. The smallest absolute Gasteiger partial charge is 0.249 e. The minimum Gasteiger partial charge on any atom is -0.369 e. The molecule has 1 amide bonds. The third-order valence-electron chi connectivity index (χ3n) is 3.66. The van der Waals surface area contributed by atoms with Crippen molar-refractivity contribution < 1.29 is 9.53 Å². The second kappa shape index (κ2) is 6.19. The van der Waals surface area contributed by atoms with Gasteiger partial charge in [-0.25, -0.2) is 0 Å². The number of rotatable bonds is 5. The zero-order valence-electron chi connectivity index (χ0n) is 12.0. The highest BCUT2D eigenvalue weighted by atomic mass is 16.5. The van der Waals surface area contributed by atoms with E-state index < -0.39 is 6.10 Å². The number of fused-ring (bicyclic) bond motifs is 1. The van der Waals surface area contributed by atoms with Gasteiger partial charge in [0, 0.05) is 13.7 Å². The van der Waals surface area contributed by atoms with Crippen molar-refractivity contribution in [2.45, 2.75) is 52.2 Å². The summed E-state index contributed by atoms with van der Waals surface area (Å²) < 4.78 is 7.19. The molecule has 0 bridgehead atoms. The maximum atomic E-state index is 11.8. The van der Waals surface area contributed by atoms with Gasteiger partial charge in [0.2, 0.25) is 5.91 Å². The topological polar surface area (TPSA) is 56.1 Å². The number of aromatic nitrogens is 2. The number of ether oxygens (including phenoxy) is 1. The number of nitrogens with one attached hydrogen (secondary N) is 1. The number of nitrogens with zero attached hydrogens (tertiary/aromatic N) is 2. The highest BCUT2D eigenvalue weighted by molar-refractivity contribution is 5.80. The van der Waals surface area contributed by atoms with Crippen LogP contribution in [0, 0.1) is 0 Å². The van der Waals surface area contributed by atoms with Crippen LogP contribution in [-0.2, 0) is 36.0 Å². The Morgan fingerprint density at radius 3 is 2.95 bits per heavy atom. The largest absolute Gasteiger partial charge is 0.369 e. The van der Waals surface area contributed by atoms with Crippen molar-refractivity contribution in [3.63, 3.8) is 0 Å². The van der Waals surface area contributed by atoms with E-state index in [2.05, 4.69) is 10.4 Å². The molecular weight excluding hydrogens is 242 g/mol. The van der Waals surface area contributed by atoms with Crippen LogP contribution in [0.5, 0.6) is 0 Å². The van der Waals surface area contributed by atoms with Crippen molar-refractivity contribution in [2.24, 2.45) is 7.05 Å². The van der Waals surface area contributed by atoms with Crippen molar-refractivity contribution in [3.8, 4) is 0 Å². The zero-order valence-corrected chi connectivity index (χ0v) is 12.0. The average molecular weight is 265 g/mol. The van der Waals surface area contributed by atoms with E-state index in [4.69, 9.17) is 4.74 Å². The molecule has 1 atom stereocenters. The van der Waals surface area contributed by atoms with Gasteiger partial charge >= 0.3 is 0 Å². The molecule has 1 N–H and O–H groups in total. The maximum Gasteiger partial charge on any atom is 0.249 e. The van der Waals surface area contributed by atoms with Gasteiger partial charge in [-0.1, -0.05) is 0 Å². The third-order valence-corrected chi connectivity index (χ3v) is 3.66. The fourth-order valence-corrected chi connectivity index (χ4v) is 2.61. The van der Waals surface area contributed by atoms with E-state index in [1.54, 1.807) is 6.92 Å². The Hall–Kier alpha value is -1.36. The summed E-state index contributed by atoms with van der Waals surface area (Å²) in [5, 5.41) is 7.48. The molecule has 1 unspecified atom stereocenters. The Kier molecular flexibility index (Phi) is 4.58. The number of amides is 1. The van der Waals surface area contributed by atoms with Crippen LogP contribution in [0.1, 0.15) is 43.6 Å². The SMILES string of the molecule is CCOC(C)C(=O)NCc1c2c(nn1C)CCCC2. The summed E-state index contributed by atoms with van der Waals surface area (Å²) in [5.41, 5.74) is 3.67. The average Bonchev–Trinajstić information content (AvgIpc) is 2.72. The molecule has 5 nitrogen and oxygen atoms in total. The molecule has 0 aliphatic heterocycles. The first-order chi connectivity index (χ1) is 9.13. The Labute approximate surface area is 114 Å². The van der Waals surface area contributed by atoms with Crippen molar-refractivity contribution in [2.75, 3.05) is 6.61 Å². The van der Waals surface area contributed by atoms with E-state index in [9.17, 15) is 4.79 Å². The van der Waals surface area contributed by atoms with Crippen LogP contribution in [0.15, 0.2) is 0 Å². The number of aryl methyl sites for hydroxylation is 2. The van der Waals surface area contributed by atoms with Gasteiger partial charge in [0.05, 0.1) is 17.9 Å². The van der Waals surface area contributed by atoms with E-state index in [1.165, 1.54) is 24.1 Å². The summed E-state index contributed by atoms with van der Waals surface area (Å²) in [6, 6.07) is 0. The summed E-state index contributed by atoms with van der Waals surface area (Å²) in [7, 11) is 1.95. The summed E-state index contributed by atoms with van der Waals surface area (Å²) in [4.78, 5) is 11.8. The first-order valence-corrected chi connectivity index (χ1v) is 7.06. The van der Waals surface area contributed by atoms with Crippen LogP contribution < -0.4 is 5.32 Å². The summed E-state index contributed by atoms with van der Waals surface area (Å²) in [6.07, 6.45) is 4.18. The quantitative estimate of drug-likeness (QED) is 0.874. The normalized spacial score (nSPS) is 15.9. The molecule has 1 aliphatic carbocycles. The van der Waals surface area contributed by atoms with Gasteiger partial charge in [-0.3, -0.25) is 9.48 Å². The lowest BCUT2D eigenvalue weighted by atomic mass is 9.96. The van der Waals surface area contributed by atoms with Crippen molar-refractivity contribution in [3.05, 3.63) is 17.0 Å². The minimum absolute atomic E-state index is 0.0624. The lowest BCUT2D eigenvalue weighted by molar-refractivity contribution is -0.131. The van der Waals surface area contributed by atoms with Crippen LogP contribution in [-0.4, -0.2) is 28.4 Å². The lowest BCUT2D eigenvalue weighted by Crippen LogP contribution is -2.34. The Morgan fingerprint density at radius 1 is 1.47 bits per heavy atom. The Morgan fingerprint density at radius 2 is 2.21 bits per heavy atom. The predicted molar refractivity (Wildman–Crippen MR) is 72.8 cm³/mol. The predicted octanol–water partition coefficient (Wildman–Crippen LogP) is 1.34. The molecule has 2 rings (SSSR count). The van der Waals surface area contributed by atoms with Crippen molar-refractivity contribution >= 4 is 5.91 Å².